The quantitative estimate of drug-likeness (QED) is 0.842. The van der Waals surface area contributed by atoms with E-state index in [-0.39, 0.29) is 18.8 Å². The summed E-state index contributed by atoms with van der Waals surface area (Å²) < 4.78 is 11.3. The van der Waals surface area contributed by atoms with Gasteiger partial charge in [-0.05, 0) is 11.1 Å². The highest BCUT2D eigenvalue weighted by molar-refractivity contribution is 5.19. The van der Waals surface area contributed by atoms with Crippen LogP contribution in [0.1, 0.15) is 17.2 Å². The fourth-order valence-electron chi connectivity index (χ4n) is 2.16. The highest BCUT2D eigenvalue weighted by Gasteiger charge is 2.23. The summed E-state index contributed by atoms with van der Waals surface area (Å²) in [7, 11) is 1.63. The third-order valence-electron chi connectivity index (χ3n) is 3.21. The molecule has 2 aromatic carbocycles. The minimum atomic E-state index is -0.386. The largest absolute Gasteiger partial charge is 0.394 e. The Bertz CT molecular complexity index is 484. The van der Waals surface area contributed by atoms with Crippen molar-refractivity contribution in [2.75, 3.05) is 13.7 Å². The van der Waals surface area contributed by atoms with Crippen molar-refractivity contribution in [3.63, 3.8) is 0 Å². The van der Waals surface area contributed by atoms with Crippen molar-refractivity contribution in [1.29, 1.82) is 0 Å². The number of ether oxygens (including phenoxy) is 2. The van der Waals surface area contributed by atoms with Crippen molar-refractivity contribution in [2.45, 2.75) is 18.8 Å². The van der Waals surface area contributed by atoms with E-state index in [1.807, 2.05) is 60.7 Å². The SMILES string of the molecule is CO[C@H](c1ccccc1)[C@H](CO)OCc1ccccc1. The van der Waals surface area contributed by atoms with Gasteiger partial charge in [0.05, 0.1) is 13.2 Å². The summed E-state index contributed by atoms with van der Waals surface area (Å²) in [5.74, 6) is 0. The first-order valence-electron chi connectivity index (χ1n) is 6.69. The molecule has 2 aromatic rings. The standard InChI is InChI=1S/C17H20O3/c1-19-17(15-10-6-3-7-11-15)16(12-18)20-13-14-8-4-2-5-9-14/h2-11,16-18H,12-13H2,1H3/t16-,17+/m0/s1. The Morgan fingerprint density at radius 3 is 2.10 bits per heavy atom. The molecule has 1 N–H and O–H groups in total. The van der Waals surface area contributed by atoms with Gasteiger partial charge in [-0.2, -0.15) is 0 Å². The zero-order chi connectivity index (χ0) is 14.2. The summed E-state index contributed by atoms with van der Waals surface area (Å²) in [5, 5.41) is 9.56. The minimum Gasteiger partial charge on any atom is -0.394 e. The van der Waals surface area contributed by atoms with Gasteiger partial charge in [0.1, 0.15) is 12.2 Å². The molecule has 2 rings (SSSR count). The maximum Gasteiger partial charge on any atom is 0.111 e. The van der Waals surface area contributed by atoms with E-state index in [1.165, 1.54) is 0 Å². The Morgan fingerprint density at radius 2 is 1.55 bits per heavy atom. The van der Waals surface area contributed by atoms with Crippen LogP contribution in [0.3, 0.4) is 0 Å². The molecule has 20 heavy (non-hydrogen) atoms. The highest BCUT2D eigenvalue weighted by Crippen LogP contribution is 2.23. The molecule has 0 aliphatic heterocycles. The van der Waals surface area contributed by atoms with Crippen LogP contribution in [0.25, 0.3) is 0 Å². The molecule has 0 heterocycles. The first-order chi connectivity index (χ1) is 9.85. The zero-order valence-corrected chi connectivity index (χ0v) is 11.6. The second kappa shape index (κ2) is 7.80. The molecule has 0 saturated carbocycles. The molecule has 0 amide bonds. The lowest BCUT2D eigenvalue weighted by Crippen LogP contribution is -2.27. The highest BCUT2D eigenvalue weighted by atomic mass is 16.5. The van der Waals surface area contributed by atoms with E-state index < -0.39 is 0 Å². The van der Waals surface area contributed by atoms with Crippen LogP contribution in [-0.2, 0) is 16.1 Å². The minimum absolute atomic E-state index is 0.0831. The molecule has 0 aliphatic carbocycles. The lowest BCUT2D eigenvalue weighted by atomic mass is 10.0. The van der Waals surface area contributed by atoms with Crippen LogP contribution < -0.4 is 0 Å². The normalized spacial score (nSPS) is 13.9. The number of rotatable bonds is 7. The number of hydrogen-bond donors (Lipinski definition) is 1. The molecule has 0 saturated heterocycles. The molecule has 3 heteroatoms. The Balaban J connectivity index is 2.03. The number of aliphatic hydroxyl groups is 1. The molecular weight excluding hydrogens is 252 g/mol. The predicted octanol–water partition coefficient (Wildman–Crippen LogP) is 2.95. The van der Waals surface area contributed by atoms with Crippen LogP contribution in [-0.4, -0.2) is 24.9 Å². The van der Waals surface area contributed by atoms with Crippen LogP contribution in [0.15, 0.2) is 60.7 Å². The van der Waals surface area contributed by atoms with Gasteiger partial charge >= 0.3 is 0 Å². The van der Waals surface area contributed by atoms with Crippen molar-refractivity contribution >= 4 is 0 Å². The summed E-state index contributed by atoms with van der Waals surface area (Å²) in [6.45, 7) is 0.374. The molecule has 0 fully saturated rings. The summed E-state index contributed by atoms with van der Waals surface area (Å²) in [6, 6.07) is 19.7. The third-order valence-corrected chi connectivity index (χ3v) is 3.21. The van der Waals surface area contributed by atoms with Crippen LogP contribution in [0.4, 0.5) is 0 Å². The third kappa shape index (κ3) is 3.90. The van der Waals surface area contributed by atoms with Crippen molar-refractivity contribution < 1.29 is 14.6 Å². The molecule has 0 spiro atoms. The first-order valence-corrected chi connectivity index (χ1v) is 6.69. The maximum absolute atomic E-state index is 9.56. The molecule has 0 aliphatic rings. The van der Waals surface area contributed by atoms with Gasteiger partial charge in [0.2, 0.25) is 0 Å². The smallest absolute Gasteiger partial charge is 0.111 e. The molecule has 0 bridgehead atoms. The number of hydrogen-bond acceptors (Lipinski definition) is 3. The Kier molecular flexibility index (Phi) is 5.74. The van der Waals surface area contributed by atoms with Crippen LogP contribution in [0.2, 0.25) is 0 Å². The Morgan fingerprint density at radius 1 is 0.950 bits per heavy atom. The average molecular weight is 272 g/mol. The van der Waals surface area contributed by atoms with E-state index in [2.05, 4.69) is 0 Å². The van der Waals surface area contributed by atoms with Crippen molar-refractivity contribution in [3.05, 3.63) is 71.8 Å². The van der Waals surface area contributed by atoms with Gasteiger partial charge in [-0.3, -0.25) is 0 Å². The number of methoxy groups -OCH3 is 1. The zero-order valence-electron chi connectivity index (χ0n) is 11.6. The molecule has 2 atom stereocenters. The van der Waals surface area contributed by atoms with E-state index in [0.29, 0.717) is 6.61 Å². The summed E-state index contributed by atoms with van der Waals surface area (Å²) in [5.41, 5.74) is 2.08. The number of aliphatic hydroxyl groups excluding tert-OH is 1. The van der Waals surface area contributed by atoms with Gasteiger partial charge in [0.15, 0.2) is 0 Å². The van der Waals surface area contributed by atoms with E-state index >= 15 is 0 Å². The lowest BCUT2D eigenvalue weighted by molar-refractivity contribution is -0.0873. The summed E-state index contributed by atoms with van der Waals surface area (Å²) in [4.78, 5) is 0. The van der Waals surface area contributed by atoms with E-state index in [9.17, 15) is 5.11 Å². The lowest BCUT2D eigenvalue weighted by Gasteiger charge is -2.25. The number of benzene rings is 2. The van der Waals surface area contributed by atoms with Gasteiger partial charge in [-0.15, -0.1) is 0 Å². The molecule has 0 aromatic heterocycles. The van der Waals surface area contributed by atoms with Gasteiger partial charge in [-0.25, -0.2) is 0 Å². The molecule has 106 valence electrons. The van der Waals surface area contributed by atoms with Crippen LogP contribution in [0, 0.1) is 0 Å². The predicted molar refractivity (Wildman–Crippen MR) is 78.3 cm³/mol. The fourth-order valence-corrected chi connectivity index (χ4v) is 2.16. The van der Waals surface area contributed by atoms with E-state index in [1.54, 1.807) is 7.11 Å². The van der Waals surface area contributed by atoms with Gasteiger partial charge < -0.3 is 14.6 Å². The molecule has 0 radical (unpaired) electrons. The van der Waals surface area contributed by atoms with Crippen molar-refractivity contribution in [2.24, 2.45) is 0 Å². The molecular formula is C17H20O3. The molecule has 0 unspecified atom stereocenters. The topological polar surface area (TPSA) is 38.7 Å². The van der Waals surface area contributed by atoms with Crippen LogP contribution >= 0.6 is 0 Å². The van der Waals surface area contributed by atoms with Crippen LogP contribution in [0.5, 0.6) is 0 Å². The first kappa shape index (κ1) is 14.7. The fraction of sp³-hybridized carbons (Fsp3) is 0.294. The average Bonchev–Trinajstić information content (AvgIpc) is 2.53. The van der Waals surface area contributed by atoms with E-state index in [4.69, 9.17) is 9.47 Å². The second-order valence-corrected chi connectivity index (χ2v) is 4.58. The van der Waals surface area contributed by atoms with Crippen molar-refractivity contribution in [1.82, 2.24) is 0 Å². The van der Waals surface area contributed by atoms with Gasteiger partial charge in [0, 0.05) is 7.11 Å². The summed E-state index contributed by atoms with van der Waals surface area (Å²) in [6.07, 6.45) is -0.660. The van der Waals surface area contributed by atoms with Gasteiger partial charge in [0.25, 0.3) is 0 Å². The second-order valence-electron chi connectivity index (χ2n) is 4.58. The maximum atomic E-state index is 9.56. The van der Waals surface area contributed by atoms with Crippen molar-refractivity contribution in [3.8, 4) is 0 Å². The Hall–Kier alpha value is -1.68. The Labute approximate surface area is 119 Å². The monoisotopic (exact) mass is 272 g/mol. The summed E-state index contributed by atoms with van der Waals surface area (Å²) >= 11 is 0. The molecule has 3 nitrogen and oxygen atoms in total. The van der Waals surface area contributed by atoms with E-state index in [0.717, 1.165) is 11.1 Å². The van der Waals surface area contributed by atoms with Gasteiger partial charge in [-0.1, -0.05) is 60.7 Å².